The molecule has 0 aliphatic carbocycles. The Kier molecular flexibility index (Phi) is 3.41. The van der Waals surface area contributed by atoms with Gasteiger partial charge in [-0.15, -0.1) is 0 Å². The topological polar surface area (TPSA) is 78.4 Å². The van der Waals surface area contributed by atoms with Crippen molar-refractivity contribution >= 4 is 11.9 Å². The number of nitrogens with zero attached hydrogens (tertiary/aromatic N) is 3. The Bertz CT molecular complexity index is 402. The van der Waals surface area contributed by atoms with Crippen LogP contribution in [-0.2, 0) is 0 Å². The summed E-state index contributed by atoms with van der Waals surface area (Å²) in [5.74, 6) is 0.922. The zero-order valence-electron chi connectivity index (χ0n) is 9.76. The average molecular weight is 236 g/mol. The Morgan fingerprint density at radius 3 is 2.76 bits per heavy atom. The number of hydrogen-bond donors (Lipinski definition) is 2. The van der Waals surface area contributed by atoms with E-state index in [2.05, 4.69) is 20.2 Å². The zero-order valence-corrected chi connectivity index (χ0v) is 9.76. The second-order valence-corrected chi connectivity index (χ2v) is 4.23. The molecule has 1 aromatic rings. The van der Waals surface area contributed by atoms with Crippen LogP contribution in [0.15, 0.2) is 12.4 Å². The molecule has 17 heavy (non-hydrogen) atoms. The first kappa shape index (κ1) is 11.6. The number of piperidine rings is 1. The summed E-state index contributed by atoms with van der Waals surface area (Å²) in [6.45, 7) is 3.58. The summed E-state index contributed by atoms with van der Waals surface area (Å²) in [6.07, 6.45) is 2.25. The highest BCUT2D eigenvalue weighted by Gasteiger charge is 2.21. The molecule has 1 amide bonds. The van der Waals surface area contributed by atoms with Crippen LogP contribution in [0.5, 0.6) is 0 Å². The lowest BCUT2D eigenvalue weighted by molar-refractivity contribution is 0.187. The van der Waals surface area contributed by atoms with Crippen LogP contribution in [0, 0.1) is 6.92 Å². The first-order chi connectivity index (χ1) is 8.15. The number of aromatic nitrogens is 2. The molecule has 1 saturated heterocycles. The van der Waals surface area contributed by atoms with E-state index in [4.69, 9.17) is 5.11 Å². The molecule has 0 spiro atoms. The van der Waals surface area contributed by atoms with E-state index >= 15 is 0 Å². The molecule has 0 unspecified atom stereocenters. The Balaban J connectivity index is 1.93. The minimum Gasteiger partial charge on any atom is -0.465 e. The molecule has 0 radical (unpaired) electrons. The van der Waals surface area contributed by atoms with Crippen molar-refractivity contribution in [3.63, 3.8) is 0 Å². The van der Waals surface area contributed by atoms with Gasteiger partial charge >= 0.3 is 6.09 Å². The van der Waals surface area contributed by atoms with Crippen LogP contribution < -0.4 is 10.2 Å². The van der Waals surface area contributed by atoms with Gasteiger partial charge in [0.1, 0.15) is 12.1 Å². The van der Waals surface area contributed by atoms with Crippen molar-refractivity contribution in [2.75, 3.05) is 18.0 Å². The van der Waals surface area contributed by atoms with Crippen molar-refractivity contribution in [1.29, 1.82) is 0 Å². The number of rotatable bonds is 2. The van der Waals surface area contributed by atoms with Gasteiger partial charge in [-0.1, -0.05) is 0 Å². The van der Waals surface area contributed by atoms with Gasteiger partial charge in [-0.05, 0) is 19.8 Å². The summed E-state index contributed by atoms with van der Waals surface area (Å²) < 4.78 is 0. The number of aryl methyl sites for hydroxylation is 1. The van der Waals surface area contributed by atoms with Crippen LogP contribution in [0.25, 0.3) is 0 Å². The van der Waals surface area contributed by atoms with E-state index in [1.54, 1.807) is 6.33 Å². The lowest BCUT2D eigenvalue weighted by atomic mass is 10.1. The highest BCUT2D eigenvalue weighted by Crippen LogP contribution is 2.17. The summed E-state index contributed by atoms with van der Waals surface area (Å²) in [4.78, 5) is 21.0. The molecule has 0 aromatic carbocycles. The molecule has 1 aliphatic heterocycles. The molecule has 1 aliphatic rings. The van der Waals surface area contributed by atoms with Gasteiger partial charge in [-0.25, -0.2) is 14.8 Å². The van der Waals surface area contributed by atoms with E-state index < -0.39 is 6.09 Å². The summed E-state index contributed by atoms with van der Waals surface area (Å²) in [5, 5.41) is 11.2. The molecule has 0 saturated carbocycles. The van der Waals surface area contributed by atoms with Crippen LogP contribution in [0.1, 0.15) is 18.5 Å². The first-order valence-electron chi connectivity index (χ1n) is 5.68. The van der Waals surface area contributed by atoms with Crippen LogP contribution in [0.4, 0.5) is 10.6 Å². The van der Waals surface area contributed by atoms with Gasteiger partial charge in [0.25, 0.3) is 0 Å². The highest BCUT2D eigenvalue weighted by molar-refractivity contribution is 5.64. The zero-order chi connectivity index (χ0) is 12.3. The van der Waals surface area contributed by atoms with Gasteiger partial charge in [0.2, 0.25) is 0 Å². The molecule has 6 nitrogen and oxygen atoms in total. The van der Waals surface area contributed by atoms with Crippen molar-refractivity contribution in [2.45, 2.75) is 25.8 Å². The molecule has 6 heteroatoms. The molecule has 92 valence electrons. The summed E-state index contributed by atoms with van der Waals surface area (Å²) in [5.41, 5.74) is 0.945. The molecule has 2 heterocycles. The first-order valence-corrected chi connectivity index (χ1v) is 5.68. The molecule has 2 rings (SSSR count). The molecular formula is C11H16N4O2. The summed E-state index contributed by atoms with van der Waals surface area (Å²) in [7, 11) is 0. The van der Waals surface area contributed by atoms with Gasteiger partial charge in [0.05, 0.1) is 0 Å². The van der Waals surface area contributed by atoms with E-state index in [1.165, 1.54) is 0 Å². The van der Waals surface area contributed by atoms with Crippen LogP contribution in [0.2, 0.25) is 0 Å². The Labute approximate surface area is 99.7 Å². The van der Waals surface area contributed by atoms with Crippen molar-refractivity contribution in [1.82, 2.24) is 15.3 Å². The molecule has 2 N–H and O–H groups in total. The number of hydrogen-bond acceptors (Lipinski definition) is 4. The largest absolute Gasteiger partial charge is 0.465 e. The summed E-state index contributed by atoms with van der Waals surface area (Å²) in [6, 6.07) is 2.01. The van der Waals surface area contributed by atoms with Crippen LogP contribution >= 0.6 is 0 Å². The molecule has 1 fully saturated rings. The van der Waals surface area contributed by atoms with Gasteiger partial charge in [0.15, 0.2) is 0 Å². The molecule has 0 atom stereocenters. The Morgan fingerprint density at radius 2 is 2.18 bits per heavy atom. The van der Waals surface area contributed by atoms with Crippen LogP contribution in [0.3, 0.4) is 0 Å². The van der Waals surface area contributed by atoms with Gasteiger partial charge < -0.3 is 15.3 Å². The molecule has 0 bridgehead atoms. The maximum atomic E-state index is 10.5. The van der Waals surface area contributed by atoms with Crippen molar-refractivity contribution in [2.24, 2.45) is 0 Å². The lowest BCUT2D eigenvalue weighted by Crippen LogP contribution is -2.44. The number of carboxylic acid groups (broad SMARTS) is 1. The quantitative estimate of drug-likeness (QED) is 0.801. The fourth-order valence-electron chi connectivity index (χ4n) is 2.04. The maximum Gasteiger partial charge on any atom is 0.404 e. The number of anilines is 1. The Morgan fingerprint density at radius 1 is 1.47 bits per heavy atom. The van der Waals surface area contributed by atoms with Crippen molar-refractivity contribution < 1.29 is 9.90 Å². The lowest BCUT2D eigenvalue weighted by Gasteiger charge is -2.32. The van der Waals surface area contributed by atoms with E-state index in [0.717, 1.165) is 37.4 Å². The van der Waals surface area contributed by atoms with Crippen molar-refractivity contribution in [3.8, 4) is 0 Å². The number of amides is 1. The summed E-state index contributed by atoms with van der Waals surface area (Å²) >= 11 is 0. The van der Waals surface area contributed by atoms with Gasteiger partial charge in [-0.2, -0.15) is 0 Å². The highest BCUT2D eigenvalue weighted by atomic mass is 16.4. The second kappa shape index (κ2) is 4.99. The third-order valence-electron chi connectivity index (χ3n) is 2.94. The second-order valence-electron chi connectivity index (χ2n) is 4.23. The minimum atomic E-state index is -0.943. The maximum absolute atomic E-state index is 10.5. The third kappa shape index (κ3) is 3.05. The van der Waals surface area contributed by atoms with Crippen LogP contribution in [-0.4, -0.2) is 40.3 Å². The molecular weight excluding hydrogens is 220 g/mol. The fraction of sp³-hybridized carbons (Fsp3) is 0.545. The van der Waals surface area contributed by atoms with Gasteiger partial charge in [-0.3, -0.25) is 0 Å². The fourth-order valence-corrected chi connectivity index (χ4v) is 2.04. The third-order valence-corrected chi connectivity index (χ3v) is 2.94. The predicted octanol–water partition coefficient (Wildman–Crippen LogP) is 1.02. The Hall–Kier alpha value is -1.85. The SMILES string of the molecule is Cc1cc(N2CCC(NC(=O)O)CC2)ncn1. The van der Waals surface area contributed by atoms with Gasteiger partial charge in [0, 0.05) is 30.9 Å². The molecule has 1 aromatic heterocycles. The van der Waals surface area contributed by atoms with E-state index in [-0.39, 0.29) is 6.04 Å². The monoisotopic (exact) mass is 236 g/mol. The van der Waals surface area contributed by atoms with E-state index in [1.807, 2.05) is 13.0 Å². The number of nitrogens with one attached hydrogen (secondary N) is 1. The minimum absolute atomic E-state index is 0.0617. The standard InChI is InChI=1S/C11H16N4O2/c1-8-6-10(13-7-12-8)15-4-2-9(3-5-15)14-11(16)17/h6-7,9,14H,2-5H2,1H3,(H,16,17). The van der Waals surface area contributed by atoms with Crippen molar-refractivity contribution in [3.05, 3.63) is 18.1 Å². The van der Waals surface area contributed by atoms with E-state index in [0.29, 0.717) is 0 Å². The normalized spacial score (nSPS) is 16.9. The predicted molar refractivity (Wildman–Crippen MR) is 63.2 cm³/mol. The van der Waals surface area contributed by atoms with E-state index in [9.17, 15) is 4.79 Å². The smallest absolute Gasteiger partial charge is 0.404 e. The average Bonchev–Trinajstić information content (AvgIpc) is 2.29. The number of carbonyl (C=O) groups is 1.